The van der Waals surface area contributed by atoms with E-state index in [4.69, 9.17) is 0 Å². The second-order valence-electron chi connectivity index (χ2n) is 7.21. The lowest BCUT2D eigenvalue weighted by atomic mass is 9.53. The van der Waals surface area contributed by atoms with E-state index in [-0.39, 0.29) is 11.4 Å². The minimum absolute atomic E-state index is 0.0197. The van der Waals surface area contributed by atoms with Crippen LogP contribution < -0.4 is 5.32 Å². The molecule has 0 spiro atoms. The Labute approximate surface area is 103 Å². The van der Waals surface area contributed by atoms with E-state index in [1.165, 1.54) is 19.3 Å². The Morgan fingerprint density at radius 2 is 1.53 bits per heavy atom. The predicted molar refractivity (Wildman–Crippen MR) is 65.3 cm³/mol. The molecule has 4 aliphatic rings. The third-order valence-electron chi connectivity index (χ3n) is 4.97. The molecule has 4 saturated carbocycles. The molecule has 96 valence electrons. The van der Waals surface area contributed by atoms with Crippen LogP contribution in [0.4, 0.5) is 0 Å². The quantitative estimate of drug-likeness (QED) is 0.770. The van der Waals surface area contributed by atoms with Gasteiger partial charge in [0.25, 0.3) is 5.91 Å². The number of hydrogen-bond acceptors (Lipinski definition) is 2. The van der Waals surface area contributed by atoms with Crippen LogP contribution in [0, 0.1) is 17.8 Å². The second kappa shape index (κ2) is 3.47. The summed E-state index contributed by atoms with van der Waals surface area (Å²) in [6.45, 7) is 3.14. The normalized spacial score (nSPS) is 43.8. The third kappa shape index (κ3) is 1.99. The zero-order valence-corrected chi connectivity index (χ0v) is 10.8. The van der Waals surface area contributed by atoms with E-state index in [2.05, 4.69) is 5.32 Å². The van der Waals surface area contributed by atoms with Crippen molar-refractivity contribution in [3.05, 3.63) is 0 Å². The van der Waals surface area contributed by atoms with Gasteiger partial charge in [0.2, 0.25) is 0 Å². The third-order valence-corrected chi connectivity index (χ3v) is 4.97. The minimum atomic E-state index is -1.25. The molecule has 2 N–H and O–H groups in total. The summed E-state index contributed by atoms with van der Waals surface area (Å²) in [5.41, 5.74) is -1.23. The monoisotopic (exact) mass is 237 g/mol. The van der Waals surface area contributed by atoms with Gasteiger partial charge in [-0.3, -0.25) is 4.79 Å². The summed E-state index contributed by atoms with van der Waals surface area (Å²) in [7, 11) is 0. The maximum Gasteiger partial charge on any atom is 0.251 e. The average molecular weight is 237 g/mol. The van der Waals surface area contributed by atoms with Crippen molar-refractivity contribution < 1.29 is 9.90 Å². The molecule has 0 heterocycles. The largest absolute Gasteiger partial charge is 0.381 e. The van der Waals surface area contributed by atoms with Gasteiger partial charge in [-0.05, 0) is 70.1 Å². The van der Waals surface area contributed by atoms with Crippen molar-refractivity contribution >= 4 is 5.91 Å². The number of hydrogen-bond donors (Lipinski definition) is 2. The van der Waals surface area contributed by atoms with E-state index >= 15 is 0 Å². The van der Waals surface area contributed by atoms with Crippen molar-refractivity contribution in [1.29, 1.82) is 0 Å². The molecule has 0 atom stereocenters. The first kappa shape index (κ1) is 11.5. The molecule has 0 saturated heterocycles. The molecule has 4 aliphatic carbocycles. The van der Waals surface area contributed by atoms with Crippen LogP contribution in [0.25, 0.3) is 0 Å². The fraction of sp³-hybridized carbons (Fsp3) is 0.929. The van der Waals surface area contributed by atoms with Gasteiger partial charge in [-0.15, -0.1) is 0 Å². The standard InChI is InChI=1S/C14H23NO2/c1-13(2,17)12(16)15-14-6-9-3-10(7-14)5-11(4-9)8-14/h9-11,17H,3-8H2,1-2H3,(H,15,16). The average Bonchev–Trinajstić information content (AvgIpc) is 2.12. The van der Waals surface area contributed by atoms with E-state index in [9.17, 15) is 9.90 Å². The lowest BCUT2D eigenvalue weighted by molar-refractivity contribution is -0.142. The van der Waals surface area contributed by atoms with Crippen molar-refractivity contribution in [2.45, 2.75) is 63.5 Å². The molecule has 3 nitrogen and oxygen atoms in total. The van der Waals surface area contributed by atoms with Gasteiger partial charge >= 0.3 is 0 Å². The van der Waals surface area contributed by atoms with Crippen molar-refractivity contribution in [1.82, 2.24) is 5.32 Å². The number of amides is 1. The number of carbonyl (C=O) groups excluding carboxylic acids is 1. The van der Waals surface area contributed by atoms with Crippen molar-refractivity contribution in [3.8, 4) is 0 Å². The van der Waals surface area contributed by atoms with Crippen LogP contribution in [0.2, 0.25) is 0 Å². The molecule has 0 aliphatic heterocycles. The van der Waals surface area contributed by atoms with Crippen molar-refractivity contribution in [2.24, 2.45) is 17.8 Å². The highest BCUT2D eigenvalue weighted by Crippen LogP contribution is 2.55. The van der Waals surface area contributed by atoms with Gasteiger partial charge < -0.3 is 10.4 Å². The highest BCUT2D eigenvalue weighted by molar-refractivity contribution is 5.84. The van der Waals surface area contributed by atoms with Crippen LogP contribution in [0.3, 0.4) is 0 Å². The number of aliphatic hydroxyl groups is 1. The number of rotatable bonds is 2. The second-order valence-corrected chi connectivity index (χ2v) is 7.21. The Morgan fingerprint density at radius 3 is 1.88 bits per heavy atom. The maximum absolute atomic E-state index is 12.0. The van der Waals surface area contributed by atoms with Crippen LogP contribution in [0.5, 0.6) is 0 Å². The van der Waals surface area contributed by atoms with Gasteiger partial charge in [-0.25, -0.2) is 0 Å². The molecule has 0 unspecified atom stereocenters. The summed E-state index contributed by atoms with van der Waals surface area (Å²) in [4.78, 5) is 12.0. The Bertz CT molecular complexity index is 307. The summed E-state index contributed by atoms with van der Waals surface area (Å²) >= 11 is 0. The van der Waals surface area contributed by atoms with E-state index in [0.29, 0.717) is 0 Å². The first-order valence-electron chi connectivity index (χ1n) is 6.91. The van der Waals surface area contributed by atoms with Gasteiger partial charge in [0.1, 0.15) is 5.60 Å². The molecular weight excluding hydrogens is 214 g/mol. The molecule has 0 aromatic rings. The van der Waals surface area contributed by atoms with Crippen molar-refractivity contribution in [2.75, 3.05) is 0 Å². The van der Waals surface area contributed by atoms with Gasteiger partial charge in [-0.1, -0.05) is 0 Å². The highest BCUT2D eigenvalue weighted by atomic mass is 16.3. The summed E-state index contributed by atoms with van der Waals surface area (Å²) in [5.74, 6) is 2.27. The van der Waals surface area contributed by atoms with E-state index < -0.39 is 5.60 Å². The highest BCUT2D eigenvalue weighted by Gasteiger charge is 2.52. The number of carbonyl (C=O) groups is 1. The topological polar surface area (TPSA) is 49.3 Å². The molecule has 0 aromatic heterocycles. The van der Waals surface area contributed by atoms with Gasteiger partial charge in [0.05, 0.1) is 0 Å². The smallest absolute Gasteiger partial charge is 0.251 e. The SMILES string of the molecule is CC(C)(O)C(=O)NC12CC3CC(CC(C3)C1)C2. The lowest BCUT2D eigenvalue weighted by Gasteiger charge is -2.57. The Morgan fingerprint density at radius 1 is 1.12 bits per heavy atom. The summed E-state index contributed by atoms with van der Waals surface area (Å²) in [6, 6.07) is 0. The molecule has 0 radical (unpaired) electrons. The van der Waals surface area contributed by atoms with Crippen LogP contribution in [0.1, 0.15) is 52.4 Å². The van der Waals surface area contributed by atoms with Crippen LogP contribution in [-0.2, 0) is 4.79 Å². The zero-order valence-electron chi connectivity index (χ0n) is 10.8. The van der Waals surface area contributed by atoms with E-state index in [0.717, 1.165) is 37.0 Å². The molecule has 17 heavy (non-hydrogen) atoms. The molecule has 1 amide bonds. The Balaban J connectivity index is 1.76. The van der Waals surface area contributed by atoms with Crippen LogP contribution >= 0.6 is 0 Å². The van der Waals surface area contributed by atoms with Crippen molar-refractivity contribution in [3.63, 3.8) is 0 Å². The molecule has 3 heteroatoms. The summed E-state index contributed by atoms with van der Waals surface area (Å²) in [5, 5.41) is 13.0. The van der Waals surface area contributed by atoms with Gasteiger partial charge in [0.15, 0.2) is 0 Å². The van der Waals surface area contributed by atoms with Crippen LogP contribution in [-0.4, -0.2) is 22.2 Å². The predicted octanol–water partition coefficient (Wildman–Crippen LogP) is 1.84. The first-order valence-corrected chi connectivity index (χ1v) is 6.91. The van der Waals surface area contributed by atoms with Crippen LogP contribution in [0.15, 0.2) is 0 Å². The fourth-order valence-corrected chi connectivity index (χ4v) is 4.66. The Hall–Kier alpha value is -0.570. The zero-order chi connectivity index (χ0) is 12.3. The van der Waals surface area contributed by atoms with E-state index in [1.807, 2.05) is 0 Å². The fourth-order valence-electron chi connectivity index (χ4n) is 4.66. The van der Waals surface area contributed by atoms with E-state index in [1.54, 1.807) is 13.8 Å². The summed E-state index contributed by atoms with van der Waals surface area (Å²) in [6.07, 6.45) is 7.54. The molecule has 0 aromatic carbocycles. The van der Waals surface area contributed by atoms with Gasteiger partial charge in [0, 0.05) is 5.54 Å². The molecule has 4 fully saturated rings. The minimum Gasteiger partial charge on any atom is -0.381 e. The first-order chi connectivity index (χ1) is 7.86. The molecule has 4 bridgehead atoms. The molecular formula is C14H23NO2. The lowest BCUT2D eigenvalue weighted by Crippen LogP contribution is -2.62. The Kier molecular flexibility index (Phi) is 2.35. The van der Waals surface area contributed by atoms with Gasteiger partial charge in [-0.2, -0.15) is 0 Å². The summed E-state index contributed by atoms with van der Waals surface area (Å²) < 4.78 is 0. The number of nitrogens with one attached hydrogen (secondary N) is 1. The maximum atomic E-state index is 12.0. The molecule has 4 rings (SSSR count).